The van der Waals surface area contributed by atoms with E-state index in [-0.39, 0.29) is 6.04 Å². The molecule has 0 aliphatic rings. The van der Waals surface area contributed by atoms with E-state index in [4.69, 9.17) is 4.74 Å². The first-order valence-corrected chi connectivity index (χ1v) is 9.70. The van der Waals surface area contributed by atoms with Crippen molar-refractivity contribution in [1.29, 1.82) is 0 Å². The Hall–Kier alpha value is -3.44. The first kappa shape index (κ1) is 18.9. The van der Waals surface area contributed by atoms with Gasteiger partial charge in [-0.15, -0.1) is 0 Å². The van der Waals surface area contributed by atoms with Crippen molar-refractivity contribution in [3.05, 3.63) is 108 Å². The molecule has 2 heterocycles. The summed E-state index contributed by atoms with van der Waals surface area (Å²) in [6.45, 7) is 3.53. The predicted octanol–water partition coefficient (Wildman–Crippen LogP) is 4.70. The van der Waals surface area contributed by atoms with E-state index in [0.717, 1.165) is 23.5 Å². The highest BCUT2D eigenvalue weighted by Crippen LogP contribution is 2.18. The standard InChI is InChI=1S/C24H24N4O/c1-19(22-4-6-23(7-5-22)28-15-14-26-18-28)27-16-20-2-8-24(9-3-20)29-17-21-10-12-25-13-11-21/h2-15,18-19,27H,16-17H2,1H3/t19-/m1/s1. The maximum atomic E-state index is 5.83. The molecular formula is C24H24N4O. The summed E-state index contributed by atoms with van der Waals surface area (Å²) in [5.74, 6) is 0.869. The normalized spacial score (nSPS) is 11.9. The number of pyridine rings is 1. The molecule has 0 radical (unpaired) electrons. The Labute approximate surface area is 171 Å². The van der Waals surface area contributed by atoms with Crippen LogP contribution in [0.3, 0.4) is 0 Å². The molecule has 1 N–H and O–H groups in total. The minimum absolute atomic E-state index is 0.259. The molecule has 4 rings (SSSR count). The monoisotopic (exact) mass is 384 g/mol. The quantitative estimate of drug-likeness (QED) is 0.479. The lowest BCUT2D eigenvalue weighted by Crippen LogP contribution is -2.18. The molecule has 5 nitrogen and oxygen atoms in total. The lowest BCUT2D eigenvalue weighted by Gasteiger charge is -2.15. The number of ether oxygens (including phenoxy) is 1. The molecule has 0 spiro atoms. The van der Waals surface area contributed by atoms with Crippen molar-refractivity contribution in [3.63, 3.8) is 0 Å². The summed E-state index contributed by atoms with van der Waals surface area (Å²) in [6.07, 6.45) is 9.09. The molecule has 29 heavy (non-hydrogen) atoms. The van der Waals surface area contributed by atoms with Crippen LogP contribution >= 0.6 is 0 Å². The average molecular weight is 384 g/mol. The molecule has 0 fully saturated rings. The van der Waals surface area contributed by atoms with Gasteiger partial charge >= 0.3 is 0 Å². The van der Waals surface area contributed by atoms with Gasteiger partial charge < -0.3 is 14.6 Å². The number of rotatable bonds is 8. The first-order valence-electron chi connectivity index (χ1n) is 9.70. The summed E-state index contributed by atoms with van der Waals surface area (Å²) in [5.41, 5.74) is 4.70. The van der Waals surface area contributed by atoms with Gasteiger partial charge in [-0.05, 0) is 60.0 Å². The fourth-order valence-corrected chi connectivity index (χ4v) is 3.08. The zero-order chi connectivity index (χ0) is 19.9. The number of aromatic nitrogens is 3. The second-order valence-electron chi connectivity index (χ2n) is 6.95. The van der Waals surface area contributed by atoms with Crippen LogP contribution in [-0.4, -0.2) is 14.5 Å². The molecule has 0 aliphatic heterocycles. The van der Waals surface area contributed by atoms with Crippen molar-refractivity contribution in [2.24, 2.45) is 0 Å². The van der Waals surface area contributed by atoms with Crippen molar-refractivity contribution in [2.75, 3.05) is 0 Å². The molecule has 2 aromatic heterocycles. The van der Waals surface area contributed by atoms with Crippen LogP contribution in [0.2, 0.25) is 0 Å². The molecule has 0 aliphatic carbocycles. The molecule has 0 bridgehead atoms. The van der Waals surface area contributed by atoms with Gasteiger partial charge in [0.25, 0.3) is 0 Å². The van der Waals surface area contributed by atoms with Crippen molar-refractivity contribution in [2.45, 2.75) is 26.1 Å². The minimum Gasteiger partial charge on any atom is -0.489 e. The molecule has 1 atom stereocenters. The Morgan fingerprint density at radius 3 is 2.31 bits per heavy atom. The van der Waals surface area contributed by atoms with Gasteiger partial charge in [0, 0.05) is 43.1 Å². The number of hydrogen-bond donors (Lipinski definition) is 1. The molecule has 0 unspecified atom stereocenters. The zero-order valence-electron chi connectivity index (χ0n) is 16.4. The smallest absolute Gasteiger partial charge is 0.119 e. The number of nitrogens with one attached hydrogen (secondary N) is 1. The van der Waals surface area contributed by atoms with Gasteiger partial charge in [-0.1, -0.05) is 24.3 Å². The molecule has 146 valence electrons. The van der Waals surface area contributed by atoms with E-state index in [2.05, 4.69) is 58.6 Å². The lowest BCUT2D eigenvalue weighted by molar-refractivity contribution is 0.306. The minimum atomic E-state index is 0.259. The van der Waals surface area contributed by atoms with E-state index < -0.39 is 0 Å². The van der Waals surface area contributed by atoms with Crippen molar-refractivity contribution >= 4 is 0 Å². The Morgan fingerprint density at radius 2 is 1.62 bits per heavy atom. The van der Waals surface area contributed by atoms with Gasteiger partial charge in [0.2, 0.25) is 0 Å². The molecule has 2 aromatic carbocycles. The van der Waals surface area contributed by atoms with Gasteiger partial charge in [-0.2, -0.15) is 0 Å². The summed E-state index contributed by atoms with van der Waals surface area (Å²) in [7, 11) is 0. The Morgan fingerprint density at radius 1 is 0.862 bits per heavy atom. The van der Waals surface area contributed by atoms with E-state index in [0.29, 0.717) is 6.61 Å². The molecular weight excluding hydrogens is 360 g/mol. The molecule has 4 aromatic rings. The third kappa shape index (κ3) is 5.09. The SMILES string of the molecule is C[C@@H](NCc1ccc(OCc2ccncc2)cc1)c1ccc(-n2ccnc2)cc1. The number of nitrogens with zero attached hydrogens (tertiary/aromatic N) is 3. The highest BCUT2D eigenvalue weighted by molar-refractivity contribution is 5.35. The van der Waals surface area contributed by atoms with E-state index in [9.17, 15) is 0 Å². The summed E-state index contributed by atoms with van der Waals surface area (Å²) < 4.78 is 7.83. The summed E-state index contributed by atoms with van der Waals surface area (Å²) in [4.78, 5) is 8.11. The van der Waals surface area contributed by atoms with E-state index >= 15 is 0 Å². The highest BCUT2D eigenvalue weighted by atomic mass is 16.5. The van der Waals surface area contributed by atoms with E-state index in [1.54, 1.807) is 24.9 Å². The molecule has 0 saturated carbocycles. The second kappa shape index (κ2) is 9.17. The van der Waals surface area contributed by atoms with Gasteiger partial charge in [0.15, 0.2) is 0 Å². The van der Waals surface area contributed by atoms with Crippen molar-refractivity contribution in [3.8, 4) is 11.4 Å². The average Bonchev–Trinajstić information content (AvgIpc) is 3.33. The summed E-state index contributed by atoms with van der Waals surface area (Å²) in [5, 5.41) is 3.58. The Kier molecular flexibility index (Phi) is 5.98. The van der Waals surface area contributed by atoms with Gasteiger partial charge in [-0.3, -0.25) is 4.98 Å². The summed E-state index contributed by atoms with van der Waals surface area (Å²) in [6, 6.07) is 21.0. The van der Waals surface area contributed by atoms with Crippen LogP contribution in [-0.2, 0) is 13.2 Å². The maximum Gasteiger partial charge on any atom is 0.119 e. The van der Waals surface area contributed by atoms with Crippen LogP contribution in [0.25, 0.3) is 5.69 Å². The number of hydrogen-bond acceptors (Lipinski definition) is 4. The van der Waals surface area contributed by atoms with Crippen LogP contribution < -0.4 is 10.1 Å². The lowest BCUT2D eigenvalue weighted by atomic mass is 10.1. The maximum absolute atomic E-state index is 5.83. The Balaban J connectivity index is 1.28. The predicted molar refractivity (Wildman–Crippen MR) is 114 cm³/mol. The third-order valence-electron chi connectivity index (χ3n) is 4.89. The number of imidazole rings is 1. The zero-order valence-corrected chi connectivity index (χ0v) is 16.4. The molecule has 5 heteroatoms. The first-order chi connectivity index (χ1) is 14.3. The Bertz CT molecular complexity index is 997. The van der Waals surface area contributed by atoms with Crippen LogP contribution in [0.4, 0.5) is 0 Å². The topological polar surface area (TPSA) is 52.0 Å². The molecule has 0 saturated heterocycles. The number of benzene rings is 2. The van der Waals surface area contributed by atoms with Gasteiger partial charge in [-0.25, -0.2) is 4.98 Å². The van der Waals surface area contributed by atoms with Crippen molar-refractivity contribution < 1.29 is 4.74 Å². The van der Waals surface area contributed by atoms with Crippen LogP contribution in [0, 0.1) is 0 Å². The largest absolute Gasteiger partial charge is 0.489 e. The molecule has 0 amide bonds. The van der Waals surface area contributed by atoms with Gasteiger partial charge in [0.1, 0.15) is 12.4 Å². The van der Waals surface area contributed by atoms with Gasteiger partial charge in [0.05, 0.1) is 6.33 Å². The highest BCUT2D eigenvalue weighted by Gasteiger charge is 2.06. The second-order valence-corrected chi connectivity index (χ2v) is 6.95. The fraction of sp³-hybridized carbons (Fsp3) is 0.167. The van der Waals surface area contributed by atoms with Crippen LogP contribution in [0.15, 0.2) is 91.8 Å². The van der Waals surface area contributed by atoms with Crippen LogP contribution in [0.1, 0.15) is 29.7 Å². The van der Waals surface area contributed by atoms with Crippen LogP contribution in [0.5, 0.6) is 5.75 Å². The van der Waals surface area contributed by atoms with E-state index in [1.165, 1.54) is 11.1 Å². The van der Waals surface area contributed by atoms with Crippen molar-refractivity contribution in [1.82, 2.24) is 19.9 Å². The van der Waals surface area contributed by atoms with E-state index in [1.807, 2.05) is 35.0 Å². The fourth-order valence-electron chi connectivity index (χ4n) is 3.08. The summed E-state index contributed by atoms with van der Waals surface area (Å²) >= 11 is 0. The third-order valence-corrected chi connectivity index (χ3v) is 4.89.